The van der Waals surface area contributed by atoms with Crippen LogP contribution in [0.4, 0.5) is 5.13 Å². The van der Waals surface area contributed by atoms with E-state index in [2.05, 4.69) is 15.5 Å². The lowest BCUT2D eigenvalue weighted by Crippen LogP contribution is -2.15. The van der Waals surface area contributed by atoms with Crippen LogP contribution in [-0.4, -0.2) is 22.7 Å². The van der Waals surface area contributed by atoms with Gasteiger partial charge >= 0.3 is 0 Å². The molecule has 1 amide bonds. The van der Waals surface area contributed by atoms with Gasteiger partial charge in [0, 0.05) is 0 Å². The zero-order chi connectivity index (χ0) is 13.7. The summed E-state index contributed by atoms with van der Waals surface area (Å²) in [6, 6.07) is 7.72. The molecule has 0 aliphatic heterocycles. The molecule has 2 rings (SSSR count). The van der Waals surface area contributed by atoms with Crippen LogP contribution in [0.25, 0.3) is 0 Å². The van der Waals surface area contributed by atoms with Crippen LogP contribution in [0.3, 0.4) is 0 Å². The van der Waals surface area contributed by atoms with Crippen molar-refractivity contribution in [3.05, 3.63) is 34.8 Å². The van der Waals surface area contributed by atoms with E-state index in [0.717, 1.165) is 10.8 Å². The summed E-state index contributed by atoms with van der Waals surface area (Å²) >= 11 is 1.35. The largest absolute Gasteiger partial charge is 0.493 e. The number of hydrogen-bond acceptors (Lipinski definition) is 5. The van der Waals surface area contributed by atoms with Crippen LogP contribution in [-0.2, 0) is 4.79 Å². The minimum absolute atomic E-state index is 0.122. The van der Waals surface area contributed by atoms with Crippen LogP contribution in [0, 0.1) is 13.8 Å². The molecule has 1 N–H and O–H groups in total. The maximum absolute atomic E-state index is 11.6. The molecule has 2 aromatic rings. The van der Waals surface area contributed by atoms with Gasteiger partial charge < -0.3 is 10.1 Å². The Labute approximate surface area is 115 Å². The van der Waals surface area contributed by atoms with Crippen LogP contribution in [0.5, 0.6) is 5.75 Å². The summed E-state index contributed by atoms with van der Waals surface area (Å²) in [5.74, 6) is 0.647. The van der Waals surface area contributed by atoms with Crippen molar-refractivity contribution in [3.8, 4) is 5.75 Å². The van der Waals surface area contributed by atoms with Crippen molar-refractivity contribution in [1.82, 2.24) is 10.2 Å². The van der Waals surface area contributed by atoms with Crippen molar-refractivity contribution < 1.29 is 9.53 Å². The number of benzene rings is 1. The van der Waals surface area contributed by atoms with Gasteiger partial charge in [0.05, 0.1) is 13.0 Å². The van der Waals surface area contributed by atoms with Crippen LogP contribution in [0.1, 0.15) is 17.0 Å². The van der Waals surface area contributed by atoms with Gasteiger partial charge in [0.2, 0.25) is 11.0 Å². The fraction of sp³-hybridized carbons (Fsp3) is 0.308. The van der Waals surface area contributed by atoms with Crippen LogP contribution >= 0.6 is 11.3 Å². The van der Waals surface area contributed by atoms with Gasteiger partial charge in [-0.15, -0.1) is 10.2 Å². The van der Waals surface area contributed by atoms with E-state index in [0.29, 0.717) is 11.7 Å². The Hall–Kier alpha value is -1.95. The van der Waals surface area contributed by atoms with E-state index < -0.39 is 0 Å². The third kappa shape index (κ3) is 4.33. The number of aryl methyl sites for hydroxylation is 2. The highest BCUT2D eigenvalue weighted by Crippen LogP contribution is 2.14. The summed E-state index contributed by atoms with van der Waals surface area (Å²) in [7, 11) is 0. The minimum atomic E-state index is -0.122. The summed E-state index contributed by atoms with van der Waals surface area (Å²) in [6.07, 6.45) is 0.284. The second-order valence-corrected chi connectivity index (χ2v) is 5.27. The summed E-state index contributed by atoms with van der Waals surface area (Å²) in [5.41, 5.74) is 1.18. The number of anilines is 1. The third-order valence-corrected chi connectivity index (χ3v) is 3.15. The van der Waals surface area contributed by atoms with Gasteiger partial charge in [-0.25, -0.2) is 0 Å². The quantitative estimate of drug-likeness (QED) is 0.912. The number of nitrogens with one attached hydrogen (secondary N) is 1. The monoisotopic (exact) mass is 277 g/mol. The first-order chi connectivity index (χ1) is 9.13. The SMILES string of the molecule is Cc1ccc(OCCC(=O)Nc2nnc(C)s2)cc1. The lowest BCUT2D eigenvalue weighted by Gasteiger charge is -2.05. The third-order valence-electron chi connectivity index (χ3n) is 2.39. The topological polar surface area (TPSA) is 64.1 Å². The van der Waals surface area contributed by atoms with E-state index in [1.165, 1.54) is 16.9 Å². The highest BCUT2D eigenvalue weighted by Gasteiger charge is 2.06. The summed E-state index contributed by atoms with van der Waals surface area (Å²) in [6.45, 7) is 4.20. The van der Waals surface area contributed by atoms with Gasteiger partial charge in [-0.05, 0) is 26.0 Å². The molecule has 1 heterocycles. The molecule has 19 heavy (non-hydrogen) atoms. The van der Waals surface area contributed by atoms with E-state index in [9.17, 15) is 4.79 Å². The Morgan fingerprint density at radius 1 is 1.26 bits per heavy atom. The molecular formula is C13H15N3O2S. The fourth-order valence-corrected chi connectivity index (χ4v) is 2.03. The van der Waals surface area contributed by atoms with Crippen molar-refractivity contribution >= 4 is 22.4 Å². The number of carbonyl (C=O) groups is 1. The molecule has 100 valence electrons. The summed E-state index contributed by atoms with van der Waals surface area (Å²) in [4.78, 5) is 11.6. The maximum Gasteiger partial charge on any atom is 0.229 e. The Balaban J connectivity index is 1.73. The zero-order valence-corrected chi connectivity index (χ0v) is 11.7. The van der Waals surface area contributed by atoms with Gasteiger partial charge in [-0.3, -0.25) is 4.79 Å². The predicted octanol–water partition coefficient (Wildman–Crippen LogP) is 2.56. The first-order valence-corrected chi connectivity index (χ1v) is 6.74. The van der Waals surface area contributed by atoms with E-state index in [4.69, 9.17) is 4.74 Å². The normalized spacial score (nSPS) is 10.2. The molecule has 0 atom stereocenters. The standard InChI is InChI=1S/C13H15N3O2S/c1-9-3-5-11(6-4-9)18-8-7-12(17)14-13-16-15-10(2)19-13/h3-6H,7-8H2,1-2H3,(H,14,16,17). The first-order valence-electron chi connectivity index (χ1n) is 5.93. The summed E-state index contributed by atoms with van der Waals surface area (Å²) < 4.78 is 5.48. The van der Waals surface area contributed by atoms with Gasteiger partial charge in [0.25, 0.3) is 0 Å². The van der Waals surface area contributed by atoms with E-state index >= 15 is 0 Å². The molecule has 1 aromatic carbocycles. The molecule has 0 aliphatic carbocycles. The minimum Gasteiger partial charge on any atom is -0.493 e. The van der Waals surface area contributed by atoms with Gasteiger partial charge in [-0.2, -0.15) is 0 Å². The number of carbonyl (C=O) groups excluding carboxylic acids is 1. The lowest BCUT2D eigenvalue weighted by atomic mass is 10.2. The number of rotatable bonds is 5. The number of amides is 1. The molecule has 5 nitrogen and oxygen atoms in total. The first kappa shape index (κ1) is 13.5. The number of aromatic nitrogens is 2. The molecule has 1 aromatic heterocycles. The van der Waals surface area contributed by atoms with E-state index in [-0.39, 0.29) is 12.3 Å². The van der Waals surface area contributed by atoms with Crippen molar-refractivity contribution in [2.24, 2.45) is 0 Å². The molecule has 0 fully saturated rings. The smallest absolute Gasteiger partial charge is 0.229 e. The van der Waals surface area contributed by atoms with E-state index in [1.54, 1.807) is 0 Å². The second kappa shape index (κ2) is 6.29. The van der Waals surface area contributed by atoms with Crippen molar-refractivity contribution in [2.45, 2.75) is 20.3 Å². The predicted molar refractivity (Wildman–Crippen MR) is 74.6 cm³/mol. The molecule has 0 bridgehead atoms. The Kier molecular flexibility index (Phi) is 4.46. The fourth-order valence-electron chi connectivity index (χ4n) is 1.42. The van der Waals surface area contributed by atoms with Gasteiger partial charge in [0.15, 0.2) is 0 Å². The van der Waals surface area contributed by atoms with Crippen molar-refractivity contribution in [2.75, 3.05) is 11.9 Å². The molecular weight excluding hydrogens is 262 g/mol. The van der Waals surface area contributed by atoms with Crippen LogP contribution in [0.2, 0.25) is 0 Å². The highest BCUT2D eigenvalue weighted by atomic mass is 32.1. The summed E-state index contributed by atoms with van der Waals surface area (Å²) in [5, 5.41) is 11.7. The number of hydrogen-bond donors (Lipinski definition) is 1. The van der Waals surface area contributed by atoms with Crippen LogP contribution in [0.15, 0.2) is 24.3 Å². The number of ether oxygens (including phenoxy) is 1. The highest BCUT2D eigenvalue weighted by molar-refractivity contribution is 7.15. The maximum atomic E-state index is 11.6. The van der Waals surface area contributed by atoms with Crippen molar-refractivity contribution in [1.29, 1.82) is 0 Å². The zero-order valence-electron chi connectivity index (χ0n) is 10.8. The Morgan fingerprint density at radius 3 is 2.63 bits per heavy atom. The molecule has 0 saturated carbocycles. The lowest BCUT2D eigenvalue weighted by molar-refractivity contribution is -0.116. The average Bonchev–Trinajstić information content (AvgIpc) is 2.77. The average molecular weight is 277 g/mol. The molecule has 0 radical (unpaired) electrons. The second-order valence-electron chi connectivity index (χ2n) is 4.09. The van der Waals surface area contributed by atoms with Gasteiger partial charge in [-0.1, -0.05) is 29.0 Å². The molecule has 0 unspecified atom stereocenters. The van der Waals surface area contributed by atoms with Crippen LogP contribution < -0.4 is 10.1 Å². The van der Waals surface area contributed by atoms with Gasteiger partial charge in [0.1, 0.15) is 10.8 Å². The Morgan fingerprint density at radius 2 is 2.00 bits per heavy atom. The Bertz CT molecular complexity index is 551. The molecule has 0 saturated heterocycles. The molecule has 0 aliphatic rings. The van der Waals surface area contributed by atoms with E-state index in [1.807, 2.05) is 38.1 Å². The number of nitrogens with zero attached hydrogens (tertiary/aromatic N) is 2. The molecule has 6 heteroatoms. The molecule has 0 spiro atoms. The van der Waals surface area contributed by atoms with Crippen molar-refractivity contribution in [3.63, 3.8) is 0 Å².